The Hall–Kier alpha value is -3.85. The van der Waals surface area contributed by atoms with Crippen LogP contribution in [-0.2, 0) is 28.0 Å². The molecule has 3 aromatic carbocycles. The van der Waals surface area contributed by atoms with E-state index in [0.29, 0.717) is 23.7 Å². The van der Waals surface area contributed by atoms with E-state index in [4.69, 9.17) is 9.47 Å². The number of sulfonamides is 1. The van der Waals surface area contributed by atoms with E-state index in [9.17, 15) is 13.2 Å². The molecule has 0 spiro atoms. The van der Waals surface area contributed by atoms with Crippen LogP contribution in [0.3, 0.4) is 0 Å². The molecule has 3 aromatic rings. The standard InChI is InChI=1S/C25H25N3O5S/c1-17(27-24-20-10-6-7-11-23(20)34(30,31)28-24)25(29)26-15-19-12-13-21(22(14-19)32-2)33-16-18-8-4-3-5-9-18/h3-14,17H,15-16H2,1-2H3,(H,26,29)(H,27,28). The highest BCUT2D eigenvalue weighted by Gasteiger charge is 2.31. The van der Waals surface area contributed by atoms with E-state index in [1.807, 2.05) is 36.4 Å². The van der Waals surface area contributed by atoms with Gasteiger partial charge in [-0.1, -0.05) is 48.5 Å². The van der Waals surface area contributed by atoms with Crippen molar-refractivity contribution in [1.29, 1.82) is 0 Å². The Bertz CT molecular complexity index is 1320. The fourth-order valence-corrected chi connectivity index (χ4v) is 4.73. The van der Waals surface area contributed by atoms with Crippen molar-refractivity contribution in [3.05, 3.63) is 89.5 Å². The molecule has 0 aromatic heterocycles. The SMILES string of the molecule is COc1cc(CNC(=O)C(C)N=C2NS(=O)(=O)c3ccccc32)ccc1OCc1ccccc1. The molecule has 1 amide bonds. The number of aliphatic imine (C=N–C) groups is 1. The van der Waals surface area contributed by atoms with E-state index in [-0.39, 0.29) is 23.2 Å². The molecule has 0 radical (unpaired) electrons. The Labute approximate surface area is 198 Å². The molecule has 34 heavy (non-hydrogen) atoms. The number of hydrogen-bond donors (Lipinski definition) is 2. The zero-order chi connectivity index (χ0) is 24.1. The number of nitrogens with zero attached hydrogens (tertiary/aromatic N) is 1. The molecule has 4 rings (SSSR count). The Morgan fingerprint density at radius 2 is 1.74 bits per heavy atom. The molecule has 1 unspecified atom stereocenters. The van der Waals surface area contributed by atoms with E-state index < -0.39 is 16.1 Å². The summed E-state index contributed by atoms with van der Waals surface area (Å²) < 4.78 is 38.2. The lowest BCUT2D eigenvalue weighted by atomic mass is 10.2. The average molecular weight is 480 g/mol. The molecule has 0 fully saturated rings. The van der Waals surface area contributed by atoms with Gasteiger partial charge in [0.1, 0.15) is 18.5 Å². The molecule has 8 nitrogen and oxygen atoms in total. The summed E-state index contributed by atoms with van der Waals surface area (Å²) in [4.78, 5) is 17.1. The molecular formula is C25H25N3O5S. The minimum Gasteiger partial charge on any atom is -0.493 e. The highest BCUT2D eigenvalue weighted by Crippen LogP contribution is 2.29. The van der Waals surface area contributed by atoms with Crippen molar-refractivity contribution in [3.63, 3.8) is 0 Å². The normalized spacial score (nSPS) is 15.8. The van der Waals surface area contributed by atoms with Crippen LogP contribution < -0.4 is 19.5 Å². The minimum atomic E-state index is -3.65. The molecule has 1 heterocycles. The molecule has 1 aliphatic heterocycles. The summed E-state index contributed by atoms with van der Waals surface area (Å²) >= 11 is 0. The molecule has 0 aliphatic carbocycles. The first kappa shape index (κ1) is 23.3. The number of rotatable bonds is 8. The second-order valence-electron chi connectivity index (χ2n) is 7.73. The first-order valence-corrected chi connectivity index (χ1v) is 12.2. The number of amides is 1. The third-order valence-electron chi connectivity index (χ3n) is 5.30. The van der Waals surface area contributed by atoms with Gasteiger partial charge in [0.15, 0.2) is 11.5 Å². The lowest BCUT2D eigenvalue weighted by Crippen LogP contribution is -2.33. The van der Waals surface area contributed by atoms with Gasteiger partial charge < -0.3 is 14.8 Å². The third-order valence-corrected chi connectivity index (χ3v) is 6.69. The van der Waals surface area contributed by atoms with Crippen LogP contribution in [0.4, 0.5) is 0 Å². The fraction of sp³-hybridized carbons (Fsp3) is 0.200. The molecule has 1 atom stereocenters. The number of nitrogens with one attached hydrogen (secondary N) is 2. The predicted octanol–water partition coefficient (Wildman–Crippen LogP) is 3.02. The van der Waals surface area contributed by atoms with Gasteiger partial charge in [0, 0.05) is 12.1 Å². The zero-order valence-electron chi connectivity index (χ0n) is 18.8. The van der Waals surface area contributed by atoms with Gasteiger partial charge in [-0.2, -0.15) is 0 Å². The maximum absolute atomic E-state index is 12.6. The lowest BCUT2D eigenvalue weighted by molar-refractivity contribution is -0.122. The summed E-state index contributed by atoms with van der Waals surface area (Å²) in [7, 11) is -2.09. The van der Waals surface area contributed by atoms with Crippen molar-refractivity contribution in [2.24, 2.45) is 4.99 Å². The largest absolute Gasteiger partial charge is 0.493 e. The summed E-state index contributed by atoms with van der Waals surface area (Å²) in [6.07, 6.45) is 0. The van der Waals surface area contributed by atoms with Crippen molar-refractivity contribution >= 4 is 21.8 Å². The lowest BCUT2D eigenvalue weighted by Gasteiger charge is -2.13. The smallest absolute Gasteiger partial charge is 0.263 e. The Kier molecular flexibility index (Phi) is 6.83. The van der Waals surface area contributed by atoms with Crippen LogP contribution in [-0.4, -0.2) is 33.3 Å². The second-order valence-corrected chi connectivity index (χ2v) is 9.38. The summed E-state index contributed by atoms with van der Waals surface area (Å²) in [6, 6.07) is 21.0. The van der Waals surface area contributed by atoms with Gasteiger partial charge in [-0.3, -0.25) is 14.5 Å². The van der Waals surface area contributed by atoms with Crippen LogP contribution in [0, 0.1) is 0 Å². The second kappa shape index (κ2) is 9.96. The minimum absolute atomic E-state index is 0.156. The summed E-state index contributed by atoms with van der Waals surface area (Å²) in [5.41, 5.74) is 2.32. The van der Waals surface area contributed by atoms with Crippen molar-refractivity contribution in [2.45, 2.75) is 31.0 Å². The van der Waals surface area contributed by atoms with Crippen LogP contribution in [0.5, 0.6) is 11.5 Å². The van der Waals surface area contributed by atoms with Crippen molar-refractivity contribution in [1.82, 2.24) is 10.0 Å². The zero-order valence-corrected chi connectivity index (χ0v) is 19.6. The van der Waals surface area contributed by atoms with Crippen LogP contribution >= 0.6 is 0 Å². The van der Waals surface area contributed by atoms with Gasteiger partial charge in [-0.05, 0) is 42.3 Å². The average Bonchev–Trinajstić information content (AvgIpc) is 3.11. The summed E-state index contributed by atoms with van der Waals surface area (Å²) in [6.45, 7) is 2.28. The van der Waals surface area contributed by atoms with Crippen LogP contribution in [0.2, 0.25) is 0 Å². The highest BCUT2D eigenvalue weighted by molar-refractivity contribution is 7.90. The number of hydrogen-bond acceptors (Lipinski definition) is 6. The summed E-state index contributed by atoms with van der Waals surface area (Å²) in [5.74, 6) is 1.00. The first-order chi connectivity index (χ1) is 16.4. The number of carbonyl (C=O) groups is 1. The Morgan fingerprint density at radius 3 is 2.50 bits per heavy atom. The van der Waals surface area contributed by atoms with Crippen LogP contribution in [0.25, 0.3) is 0 Å². The van der Waals surface area contributed by atoms with Crippen LogP contribution in [0.15, 0.2) is 82.7 Å². The third kappa shape index (κ3) is 5.20. The van der Waals surface area contributed by atoms with Crippen molar-refractivity contribution in [2.75, 3.05) is 7.11 Å². The number of methoxy groups -OCH3 is 1. The van der Waals surface area contributed by atoms with Gasteiger partial charge in [0.2, 0.25) is 5.91 Å². The van der Waals surface area contributed by atoms with E-state index in [1.165, 1.54) is 6.07 Å². The number of ether oxygens (including phenoxy) is 2. The molecule has 0 saturated heterocycles. The molecule has 176 valence electrons. The summed E-state index contributed by atoms with van der Waals surface area (Å²) in [5, 5.41) is 2.83. The van der Waals surface area contributed by atoms with E-state index in [2.05, 4.69) is 15.0 Å². The highest BCUT2D eigenvalue weighted by atomic mass is 32.2. The number of carbonyl (C=O) groups excluding carboxylic acids is 1. The van der Waals surface area contributed by atoms with Crippen molar-refractivity contribution < 1.29 is 22.7 Å². The van der Waals surface area contributed by atoms with Gasteiger partial charge in [-0.25, -0.2) is 8.42 Å². The monoisotopic (exact) mass is 479 g/mol. The van der Waals surface area contributed by atoms with Crippen LogP contribution in [0.1, 0.15) is 23.6 Å². The predicted molar refractivity (Wildman–Crippen MR) is 128 cm³/mol. The fourth-order valence-electron chi connectivity index (χ4n) is 3.50. The number of amidine groups is 1. The van der Waals surface area contributed by atoms with Gasteiger partial charge in [-0.15, -0.1) is 0 Å². The molecule has 1 aliphatic rings. The molecule has 0 bridgehead atoms. The molecule has 9 heteroatoms. The molecular weight excluding hydrogens is 454 g/mol. The number of benzene rings is 3. The van der Waals surface area contributed by atoms with Gasteiger partial charge in [0.25, 0.3) is 10.0 Å². The van der Waals surface area contributed by atoms with E-state index >= 15 is 0 Å². The van der Waals surface area contributed by atoms with Crippen molar-refractivity contribution in [3.8, 4) is 11.5 Å². The Balaban J connectivity index is 1.38. The van der Waals surface area contributed by atoms with Gasteiger partial charge in [0.05, 0.1) is 12.0 Å². The molecule has 0 saturated carbocycles. The van der Waals surface area contributed by atoms with E-state index in [0.717, 1.165) is 11.1 Å². The van der Waals surface area contributed by atoms with Gasteiger partial charge >= 0.3 is 0 Å². The topological polar surface area (TPSA) is 106 Å². The quantitative estimate of drug-likeness (QED) is 0.517. The maximum Gasteiger partial charge on any atom is 0.263 e. The van der Waals surface area contributed by atoms with E-state index in [1.54, 1.807) is 44.4 Å². The molecule has 2 N–H and O–H groups in total. The maximum atomic E-state index is 12.6. The number of fused-ring (bicyclic) bond motifs is 1. The Morgan fingerprint density at radius 1 is 1.00 bits per heavy atom. The first-order valence-electron chi connectivity index (χ1n) is 10.7.